The van der Waals surface area contributed by atoms with Crippen molar-refractivity contribution in [3.63, 3.8) is 0 Å². The Balaban J connectivity index is 1.36. The normalized spacial score (nSPS) is 16.7. The summed E-state index contributed by atoms with van der Waals surface area (Å²) < 4.78 is 27.1. The molecule has 1 aliphatic carbocycles. The summed E-state index contributed by atoms with van der Waals surface area (Å²) in [6.45, 7) is 1.96. The van der Waals surface area contributed by atoms with E-state index in [1.54, 1.807) is 12.1 Å². The van der Waals surface area contributed by atoms with Gasteiger partial charge in [-0.1, -0.05) is 37.0 Å². The van der Waals surface area contributed by atoms with E-state index in [9.17, 15) is 22.8 Å². The maximum atomic E-state index is 12.9. The van der Waals surface area contributed by atoms with Crippen molar-refractivity contribution in [2.75, 3.05) is 13.1 Å². The van der Waals surface area contributed by atoms with E-state index >= 15 is 0 Å². The van der Waals surface area contributed by atoms with E-state index in [0.717, 1.165) is 37.7 Å². The van der Waals surface area contributed by atoms with E-state index in [0.29, 0.717) is 5.56 Å². The molecule has 0 atom stereocenters. The van der Waals surface area contributed by atoms with Gasteiger partial charge in [-0.15, -0.1) is 0 Å². The molecule has 1 heterocycles. The molecule has 33 heavy (non-hydrogen) atoms. The van der Waals surface area contributed by atoms with E-state index in [4.69, 9.17) is 0 Å². The average Bonchev–Trinajstić information content (AvgIpc) is 3.07. The van der Waals surface area contributed by atoms with Crippen molar-refractivity contribution in [1.29, 1.82) is 0 Å². The monoisotopic (exact) mass is 469 g/mol. The Bertz CT molecular complexity index is 1190. The maximum Gasteiger partial charge on any atom is 0.261 e. The van der Waals surface area contributed by atoms with Gasteiger partial charge in [-0.3, -0.25) is 19.3 Å². The largest absolute Gasteiger partial charge is 0.351 e. The second kappa shape index (κ2) is 9.44. The van der Waals surface area contributed by atoms with Crippen LogP contribution < -0.4 is 10.0 Å². The van der Waals surface area contributed by atoms with Gasteiger partial charge in [-0.05, 0) is 50.1 Å². The Hall–Kier alpha value is -3.04. The molecule has 1 saturated carbocycles. The summed E-state index contributed by atoms with van der Waals surface area (Å²) >= 11 is 0. The summed E-state index contributed by atoms with van der Waals surface area (Å²) in [5.74, 6) is -1.08. The minimum absolute atomic E-state index is 0.0137. The molecule has 2 N–H and O–H groups in total. The van der Waals surface area contributed by atoms with E-state index in [-0.39, 0.29) is 47.0 Å². The van der Waals surface area contributed by atoms with E-state index in [1.807, 2.05) is 6.92 Å². The third kappa shape index (κ3) is 4.84. The smallest absolute Gasteiger partial charge is 0.261 e. The topological polar surface area (TPSA) is 113 Å². The number of benzene rings is 2. The van der Waals surface area contributed by atoms with E-state index < -0.39 is 15.9 Å². The Kier molecular flexibility index (Phi) is 6.62. The first-order valence-corrected chi connectivity index (χ1v) is 12.6. The van der Waals surface area contributed by atoms with Gasteiger partial charge >= 0.3 is 0 Å². The third-order valence-corrected chi connectivity index (χ3v) is 7.63. The Morgan fingerprint density at radius 1 is 0.939 bits per heavy atom. The van der Waals surface area contributed by atoms with Crippen LogP contribution in [0.3, 0.4) is 0 Å². The lowest BCUT2D eigenvalue weighted by atomic mass is 9.94. The van der Waals surface area contributed by atoms with Crippen molar-refractivity contribution < 1.29 is 22.8 Å². The fourth-order valence-corrected chi connectivity index (χ4v) is 5.37. The average molecular weight is 470 g/mol. The Morgan fingerprint density at radius 2 is 1.61 bits per heavy atom. The van der Waals surface area contributed by atoms with Gasteiger partial charge in [0.05, 0.1) is 16.0 Å². The lowest BCUT2D eigenvalue weighted by Gasteiger charge is -2.29. The van der Waals surface area contributed by atoms with Crippen molar-refractivity contribution >= 4 is 27.7 Å². The zero-order valence-corrected chi connectivity index (χ0v) is 19.3. The molecule has 0 bridgehead atoms. The molecular formula is C24H27N3O5S. The number of amides is 3. The molecule has 3 amide bonds. The Morgan fingerprint density at radius 3 is 2.30 bits per heavy atom. The quantitative estimate of drug-likeness (QED) is 0.478. The molecule has 0 saturated heterocycles. The predicted molar refractivity (Wildman–Crippen MR) is 123 cm³/mol. The number of rotatable bonds is 7. The van der Waals surface area contributed by atoms with Gasteiger partial charge in [-0.2, -0.15) is 0 Å². The lowest BCUT2D eigenvalue weighted by Crippen LogP contribution is -2.40. The molecule has 0 aromatic heterocycles. The second-order valence-corrected chi connectivity index (χ2v) is 10.3. The number of hydrogen-bond acceptors (Lipinski definition) is 5. The molecule has 0 radical (unpaired) electrons. The van der Waals surface area contributed by atoms with Crippen molar-refractivity contribution in [2.24, 2.45) is 0 Å². The molecule has 174 valence electrons. The number of imide groups is 1. The predicted octanol–water partition coefficient (Wildman–Crippen LogP) is 2.63. The van der Waals surface area contributed by atoms with Crippen LogP contribution in [0.2, 0.25) is 0 Å². The zero-order valence-electron chi connectivity index (χ0n) is 18.5. The number of nitrogens with one attached hydrogen (secondary N) is 2. The molecule has 8 nitrogen and oxygen atoms in total. The van der Waals surface area contributed by atoms with Crippen LogP contribution in [0.1, 0.15) is 68.7 Å². The molecule has 2 aromatic carbocycles. The molecular weight excluding hydrogens is 442 g/mol. The standard InChI is InChI=1S/C24H27N3O5S/c1-16-7-10-19(11-8-16)33(31,32)26-14-13-25-22(28)17-9-12-20-21(15-17)24(30)27(23(20)29)18-5-3-2-4-6-18/h7-12,15,18,26H,2-6,13-14H2,1H3,(H,25,28). The molecule has 4 rings (SSSR count). The highest BCUT2D eigenvalue weighted by Gasteiger charge is 2.40. The highest BCUT2D eigenvalue weighted by Crippen LogP contribution is 2.31. The van der Waals surface area contributed by atoms with Crippen LogP contribution in [0.5, 0.6) is 0 Å². The van der Waals surface area contributed by atoms with Gasteiger partial charge in [0.1, 0.15) is 0 Å². The van der Waals surface area contributed by atoms with E-state index in [2.05, 4.69) is 10.0 Å². The first-order chi connectivity index (χ1) is 15.8. The maximum absolute atomic E-state index is 12.9. The Labute approximate surface area is 193 Å². The minimum atomic E-state index is -3.67. The first kappa shape index (κ1) is 23.1. The van der Waals surface area contributed by atoms with Crippen LogP contribution in [0, 0.1) is 6.92 Å². The van der Waals surface area contributed by atoms with Crippen molar-refractivity contribution in [2.45, 2.75) is 50.0 Å². The van der Waals surface area contributed by atoms with Crippen LogP contribution >= 0.6 is 0 Å². The summed E-state index contributed by atoms with van der Waals surface area (Å²) in [4.78, 5) is 39.7. The summed E-state index contributed by atoms with van der Waals surface area (Å²) in [6, 6.07) is 10.9. The number of carbonyl (C=O) groups excluding carboxylic acids is 3. The SMILES string of the molecule is Cc1ccc(S(=O)(=O)NCCNC(=O)c2ccc3c(c2)C(=O)N(C2CCCCC2)C3=O)cc1. The number of aryl methyl sites for hydroxylation is 1. The molecule has 2 aromatic rings. The minimum Gasteiger partial charge on any atom is -0.351 e. The summed E-state index contributed by atoms with van der Waals surface area (Å²) in [5.41, 5.74) is 1.78. The van der Waals surface area contributed by atoms with Gasteiger partial charge in [-0.25, -0.2) is 13.1 Å². The number of fused-ring (bicyclic) bond motifs is 1. The fraction of sp³-hybridized carbons (Fsp3) is 0.375. The van der Waals surface area contributed by atoms with E-state index in [1.165, 1.54) is 35.2 Å². The van der Waals surface area contributed by atoms with Crippen molar-refractivity contribution in [3.8, 4) is 0 Å². The first-order valence-electron chi connectivity index (χ1n) is 11.1. The fourth-order valence-electron chi connectivity index (χ4n) is 4.34. The highest BCUT2D eigenvalue weighted by molar-refractivity contribution is 7.89. The molecule has 2 aliphatic rings. The zero-order chi connectivity index (χ0) is 23.6. The summed E-state index contributed by atoms with van der Waals surface area (Å²) in [5, 5.41) is 2.65. The number of sulfonamides is 1. The second-order valence-electron chi connectivity index (χ2n) is 8.50. The number of carbonyl (C=O) groups is 3. The van der Waals surface area contributed by atoms with Gasteiger partial charge in [0.25, 0.3) is 17.7 Å². The van der Waals surface area contributed by atoms with Gasteiger partial charge in [0.15, 0.2) is 0 Å². The molecule has 1 aliphatic heterocycles. The molecule has 0 unspecified atom stereocenters. The third-order valence-electron chi connectivity index (χ3n) is 6.15. The van der Waals surface area contributed by atoms with Crippen LogP contribution in [0.4, 0.5) is 0 Å². The van der Waals surface area contributed by atoms with Crippen molar-refractivity contribution in [1.82, 2.24) is 14.9 Å². The van der Waals surface area contributed by atoms with Crippen molar-refractivity contribution in [3.05, 3.63) is 64.7 Å². The van der Waals surface area contributed by atoms with Gasteiger partial charge in [0.2, 0.25) is 10.0 Å². The number of nitrogens with zero attached hydrogens (tertiary/aromatic N) is 1. The van der Waals surface area contributed by atoms with Crippen LogP contribution in [0.15, 0.2) is 47.4 Å². The molecule has 9 heteroatoms. The van der Waals surface area contributed by atoms with Gasteiger partial charge in [0, 0.05) is 24.7 Å². The molecule has 1 fully saturated rings. The highest BCUT2D eigenvalue weighted by atomic mass is 32.2. The summed E-state index contributed by atoms with van der Waals surface area (Å²) in [6.07, 6.45) is 4.75. The molecule has 0 spiro atoms. The van der Waals surface area contributed by atoms with Gasteiger partial charge < -0.3 is 5.32 Å². The summed E-state index contributed by atoms with van der Waals surface area (Å²) in [7, 11) is -3.67. The number of hydrogen-bond donors (Lipinski definition) is 2. The lowest BCUT2D eigenvalue weighted by molar-refractivity contribution is 0.0548. The van der Waals surface area contributed by atoms with Crippen LogP contribution in [-0.4, -0.2) is 50.2 Å². The van der Waals surface area contributed by atoms with Crippen LogP contribution in [-0.2, 0) is 10.0 Å². The van der Waals surface area contributed by atoms with Crippen LogP contribution in [0.25, 0.3) is 0 Å².